The third-order valence-corrected chi connectivity index (χ3v) is 3.54. The van der Waals surface area contributed by atoms with Crippen molar-refractivity contribution in [2.24, 2.45) is 5.92 Å². The molecule has 0 amide bonds. The predicted molar refractivity (Wildman–Crippen MR) is 47.0 cm³/mol. The van der Waals surface area contributed by atoms with Gasteiger partial charge in [0.15, 0.2) is 0 Å². The second kappa shape index (κ2) is 2.68. The first-order valence-corrected chi connectivity index (χ1v) is 5.06. The van der Waals surface area contributed by atoms with Crippen molar-refractivity contribution in [3.63, 3.8) is 0 Å². The number of nitriles is 1. The normalized spacial score (nSPS) is 44.7. The van der Waals surface area contributed by atoms with Crippen LogP contribution in [0, 0.1) is 17.2 Å². The summed E-state index contributed by atoms with van der Waals surface area (Å²) in [5.41, 5.74) is 6.26. The monoisotopic (exact) mass is 178 g/mol. The van der Waals surface area contributed by atoms with Crippen LogP contribution in [0.25, 0.3) is 0 Å². The van der Waals surface area contributed by atoms with Crippen molar-refractivity contribution < 1.29 is 0 Å². The van der Waals surface area contributed by atoms with Gasteiger partial charge < -0.3 is 0 Å². The molecule has 3 saturated heterocycles. The van der Waals surface area contributed by atoms with Crippen LogP contribution >= 0.6 is 0 Å². The minimum atomic E-state index is 0.312. The highest BCUT2D eigenvalue weighted by Gasteiger charge is 2.46. The summed E-state index contributed by atoms with van der Waals surface area (Å²) in [6, 6.07) is 3.72. The zero-order valence-corrected chi connectivity index (χ0v) is 7.53. The maximum absolute atomic E-state index is 8.90. The van der Waals surface area contributed by atoms with Crippen LogP contribution in [0.4, 0.5) is 0 Å². The van der Waals surface area contributed by atoms with Crippen molar-refractivity contribution in [1.29, 1.82) is 5.26 Å². The Kier molecular flexibility index (Phi) is 1.59. The first-order valence-electron chi connectivity index (χ1n) is 5.06. The van der Waals surface area contributed by atoms with Crippen molar-refractivity contribution in [3.05, 3.63) is 0 Å². The fourth-order valence-electron chi connectivity index (χ4n) is 2.93. The Hall–Kier alpha value is -0.630. The summed E-state index contributed by atoms with van der Waals surface area (Å²) < 4.78 is 0. The van der Waals surface area contributed by atoms with Crippen LogP contribution in [-0.4, -0.2) is 23.3 Å². The van der Waals surface area contributed by atoms with Gasteiger partial charge in [-0.2, -0.15) is 5.26 Å². The number of nitrogens with zero attached hydrogens (tertiary/aromatic N) is 2. The van der Waals surface area contributed by atoms with Crippen LogP contribution < -0.4 is 10.9 Å². The summed E-state index contributed by atoms with van der Waals surface area (Å²) in [5.74, 6) is 0.312. The molecule has 2 bridgehead atoms. The minimum Gasteiger partial charge on any atom is -0.268 e. The molecule has 2 atom stereocenters. The van der Waals surface area contributed by atoms with Crippen LogP contribution in [0.5, 0.6) is 0 Å². The number of piperidine rings is 1. The molecule has 70 valence electrons. The molecular formula is C9H14N4. The molecule has 4 nitrogen and oxygen atoms in total. The van der Waals surface area contributed by atoms with Gasteiger partial charge in [0.2, 0.25) is 0 Å². The van der Waals surface area contributed by atoms with Gasteiger partial charge in [0.05, 0.1) is 6.07 Å². The number of hydrogen-bond acceptors (Lipinski definition) is 4. The Bertz CT molecular complexity index is 241. The standard InChI is InChI=1S/C9H14N4/c10-5-6-3-7-1-2-8(4-6)13(7)9-11-12-9/h6-9,11-12H,1-4H2. The summed E-state index contributed by atoms with van der Waals surface area (Å²) in [6.07, 6.45) is 5.13. The van der Waals surface area contributed by atoms with E-state index < -0.39 is 0 Å². The molecule has 3 aliphatic rings. The molecule has 13 heavy (non-hydrogen) atoms. The van der Waals surface area contributed by atoms with E-state index in [4.69, 9.17) is 5.26 Å². The lowest BCUT2D eigenvalue weighted by molar-refractivity contribution is 0.106. The SMILES string of the molecule is N#CC1CC2CCC(C1)N2C1NN1. The summed E-state index contributed by atoms with van der Waals surface area (Å²) in [6.45, 7) is 0. The van der Waals surface area contributed by atoms with Gasteiger partial charge in [0.25, 0.3) is 0 Å². The molecule has 0 spiro atoms. The number of rotatable bonds is 1. The molecule has 0 aromatic heterocycles. The van der Waals surface area contributed by atoms with Crippen LogP contribution in [0.1, 0.15) is 25.7 Å². The minimum absolute atomic E-state index is 0.312. The van der Waals surface area contributed by atoms with Gasteiger partial charge in [-0.25, -0.2) is 10.9 Å². The van der Waals surface area contributed by atoms with E-state index in [0.717, 1.165) is 12.8 Å². The highest BCUT2D eigenvalue weighted by Crippen LogP contribution is 2.39. The third kappa shape index (κ3) is 1.16. The van der Waals surface area contributed by atoms with E-state index in [9.17, 15) is 0 Å². The molecule has 0 saturated carbocycles. The van der Waals surface area contributed by atoms with Gasteiger partial charge in [-0.05, 0) is 25.7 Å². The molecule has 3 aliphatic heterocycles. The van der Waals surface area contributed by atoms with Gasteiger partial charge in [0, 0.05) is 18.0 Å². The van der Waals surface area contributed by atoms with Crippen molar-refractivity contribution >= 4 is 0 Å². The maximum atomic E-state index is 8.90. The molecule has 3 rings (SSSR count). The Morgan fingerprint density at radius 3 is 2.23 bits per heavy atom. The fraction of sp³-hybridized carbons (Fsp3) is 0.889. The first-order chi connectivity index (χ1) is 6.38. The van der Waals surface area contributed by atoms with Crippen LogP contribution in [0.15, 0.2) is 0 Å². The maximum Gasteiger partial charge on any atom is 0.140 e. The van der Waals surface area contributed by atoms with Crippen LogP contribution in [0.2, 0.25) is 0 Å². The third-order valence-electron chi connectivity index (χ3n) is 3.54. The van der Waals surface area contributed by atoms with E-state index in [-0.39, 0.29) is 0 Å². The second-order valence-corrected chi connectivity index (χ2v) is 4.32. The number of hydrogen-bond donors (Lipinski definition) is 2. The predicted octanol–water partition coefficient (Wildman–Crippen LogP) is 0.144. The molecule has 2 N–H and O–H groups in total. The topological polar surface area (TPSA) is 70.9 Å². The summed E-state index contributed by atoms with van der Waals surface area (Å²) >= 11 is 0. The lowest BCUT2D eigenvalue weighted by Crippen LogP contribution is -2.45. The number of fused-ring (bicyclic) bond motifs is 2. The van der Waals surface area contributed by atoms with Crippen LogP contribution in [-0.2, 0) is 0 Å². The molecular weight excluding hydrogens is 164 g/mol. The Morgan fingerprint density at radius 2 is 1.77 bits per heavy atom. The van der Waals surface area contributed by atoms with Gasteiger partial charge in [-0.1, -0.05) is 0 Å². The second-order valence-electron chi connectivity index (χ2n) is 4.32. The van der Waals surface area contributed by atoms with Crippen molar-refractivity contribution in [1.82, 2.24) is 15.8 Å². The molecule has 3 heterocycles. The Morgan fingerprint density at radius 1 is 1.15 bits per heavy atom. The molecule has 3 fully saturated rings. The molecule has 0 aromatic carbocycles. The molecule has 2 unspecified atom stereocenters. The summed E-state index contributed by atoms with van der Waals surface area (Å²) in [7, 11) is 0. The highest BCUT2D eigenvalue weighted by molar-refractivity contribution is 5.03. The molecule has 4 heteroatoms. The zero-order chi connectivity index (χ0) is 8.84. The van der Waals surface area contributed by atoms with Crippen molar-refractivity contribution in [2.45, 2.75) is 44.1 Å². The molecule has 0 aromatic rings. The smallest absolute Gasteiger partial charge is 0.140 e. The van der Waals surface area contributed by atoms with E-state index in [1.165, 1.54) is 12.8 Å². The lowest BCUT2D eigenvalue weighted by Gasteiger charge is -2.35. The van der Waals surface area contributed by atoms with E-state index in [2.05, 4.69) is 21.8 Å². The van der Waals surface area contributed by atoms with E-state index in [1.807, 2.05) is 0 Å². The van der Waals surface area contributed by atoms with Crippen molar-refractivity contribution in [3.8, 4) is 6.07 Å². The largest absolute Gasteiger partial charge is 0.268 e. The first kappa shape index (κ1) is 7.74. The van der Waals surface area contributed by atoms with Crippen molar-refractivity contribution in [2.75, 3.05) is 0 Å². The van der Waals surface area contributed by atoms with E-state index in [0.29, 0.717) is 24.3 Å². The quantitative estimate of drug-likeness (QED) is 0.560. The average Bonchev–Trinajstić information content (AvgIpc) is 2.95. The highest BCUT2D eigenvalue weighted by atomic mass is 15.7. The van der Waals surface area contributed by atoms with Crippen LogP contribution in [0.3, 0.4) is 0 Å². The van der Waals surface area contributed by atoms with E-state index >= 15 is 0 Å². The molecule has 0 radical (unpaired) electrons. The zero-order valence-electron chi connectivity index (χ0n) is 7.53. The number of nitrogens with one attached hydrogen (secondary N) is 2. The van der Waals surface area contributed by atoms with Gasteiger partial charge in [0.1, 0.15) is 6.29 Å². The van der Waals surface area contributed by atoms with E-state index in [1.54, 1.807) is 0 Å². The average molecular weight is 178 g/mol. The van der Waals surface area contributed by atoms with Gasteiger partial charge in [-0.3, -0.25) is 4.90 Å². The Labute approximate surface area is 77.9 Å². The summed E-state index contributed by atoms with van der Waals surface area (Å²) in [5, 5.41) is 8.90. The van der Waals surface area contributed by atoms with Gasteiger partial charge >= 0.3 is 0 Å². The fourth-order valence-corrected chi connectivity index (χ4v) is 2.93. The number of hydrazine groups is 1. The molecule has 0 aliphatic carbocycles. The lowest BCUT2D eigenvalue weighted by atomic mass is 9.92. The Balaban J connectivity index is 1.77. The summed E-state index contributed by atoms with van der Waals surface area (Å²) in [4.78, 5) is 2.52. The van der Waals surface area contributed by atoms with Gasteiger partial charge in [-0.15, -0.1) is 0 Å².